The lowest BCUT2D eigenvalue weighted by molar-refractivity contribution is -0.142. The number of carbonyl (C=O) groups is 1. The van der Waals surface area contributed by atoms with Crippen LogP contribution in [0.25, 0.3) is 0 Å². The van der Waals surface area contributed by atoms with Crippen LogP contribution in [-0.2, 0) is 11.2 Å². The number of hydrogen-bond donors (Lipinski definition) is 2. The highest BCUT2D eigenvalue weighted by Gasteiger charge is 2.27. The van der Waals surface area contributed by atoms with E-state index < -0.39 is 11.5 Å². The van der Waals surface area contributed by atoms with Crippen LogP contribution in [0.15, 0.2) is 18.2 Å². The molecule has 16 heavy (non-hydrogen) atoms. The van der Waals surface area contributed by atoms with E-state index in [1.54, 1.807) is 6.92 Å². The fourth-order valence-corrected chi connectivity index (χ4v) is 1.57. The monoisotopic (exact) mass is 221 g/mol. The predicted molar refractivity (Wildman–Crippen MR) is 64.5 cm³/mol. The van der Waals surface area contributed by atoms with E-state index in [2.05, 4.69) is 18.2 Å². The van der Waals surface area contributed by atoms with E-state index in [4.69, 9.17) is 10.8 Å². The summed E-state index contributed by atoms with van der Waals surface area (Å²) in [5, 5.41) is 8.92. The molecule has 0 bridgehead atoms. The van der Waals surface area contributed by atoms with Crippen molar-refractivity contribution in [2.75, 3.05) is 0 Å². The van der Waals surface area contributed by atoms with Gasteiger partial charge in [0.1, 0.15) is 5.54 Å². The Morgan fingerprint density at radius 1 is 1.44 bits per heavy atom. The molecule has 0 heterocycles. The molecule has 1 atom stereocenters. The molecule has 0 amide bonds. The quantitative estimate of drug-likeness (QED) is 0.817. The number of benzene rings is 1. The summed E-state index contributed by atoms with van der Waals surface area (Å²) in [5.74, 6) is -0.946. The van der Waals surface area contributed by atoms with Gasteiger partial charge in [-0.3, -0.25) is 4.79 Å². The van der Waals surface area contributed by atoms with Crippen molar-refractivity contribution in [3.63, 3.8) is 0 Å². The molecule has 3 heteroatoms. The molecule has 0 aliphatic rings. The lowest BCUT2D eigenvalue weighted by atomic mass is 9.92. The number of hydrogen-bond acceptors (Lipinski definition) is 2. The molecule has 0 spiro atoms. The molecule has 0 aliphatic carbocycles. The average molecular weight is 221 g/mol. The molecule has 0 aromatic heterocycles. The van der Waals surface area contributed by atoms with E-state index in [9.17, 15) is 4.79 Å². The maximum Gasteiger partial charge on any atom is 0.323 e. The maximum absolute atomic E-state index is 10.9. The SMILES string of the molecule is Cc1ccc(C)c(CCC(C)(N)C(=O)O)c1. The first-order valence-electron chi connectivity index (χ1n) is 5.41. The number of carboxylic acid groups (broad SMARTS) is 1. The number of nitrogens with two attached hydrogens (primary N) is 1. The molecule has 0 saturated heterocycles. The molecule has 1 aromatic carbocycles. The van der Waals surface area contributed by atoms with Crippen LogP contribution in [0.2, 0.25) is 0 Å². The Kier molecular flexibility index (Phi) is 3.70. The third-order valence-electron chi connectivity index (χ3n) is 2.91. The predicted octanol–water partition coefficient (Wildman–Crippen LogP) is 2.04. The second-order valence-electron chi connectivity index (χ2n) is 4.65. The van der Waals surface area contributed by atoms with Crippen molar-refractivity contribution in [3.8, 4) is 0 Å². The third kappa shape index (κ3) is 3.07. The Balaban J connectivity index is 2.75. The molecule has 88 valence electrons. The summed E-state index contributed by atoms with van der Waals surface area (Å²) >= 11 is 0. The van der Waals surface area contributed by atoms with Gasteiger partial charge in [-0.2, -0.15) is 0 Å². The van der Waals surface area contributed by atoms with E-state index in [-0.39, 0.29) is 0 Å². The summed E-state index contributed by atoms with van der Waals surface area (Å²) in [6.45, 7) is 5.62. The minimum Gasteiger partial charge on any atom is -0.480 e. The molecular formula is C13H19NO2. The van der Waals surface area contributed by atoms with Gasteiger partial charge in [-0.25, -0.2) is 0 Å². The van der Waals surface area contributed by atoms with Gasteiger partial charge in [0.05, 0.1) is 0 Å². The largest absolute Gasteiger partial charge is 0.480 e. The van der Waals surface area contributed by atoms with Crippen molar-refractivity contribution in [3.05, 3.63) is 34.9 Å². The first kappa shape index (κ1) is 12.7. The zero-order chi connectivity index (χ0) is 12.3. The summed E-state index contributed by atoms with van der Waals surface area (Å²) in [6.07, 6.45) is 1.15. The molecule has 0 saturated carbocycles. The van der Waals surface area contributed by atoms with E-state index >= 15 is 0 Å². The van der Waals surface area contributed by atoms with Crippen LogP contribution in [-0.4, -0.2) is 16.6 Å². The van der Waals surface area contributed by atoms with Crippen LogP contribution in [0.1, 0.15) is 30.0 Å². The standard InChI is InChI=1S/C13H19NO2/c1-9-4-5-10(2)11(8-9)6-7-13(3,14)12(15)16/h4-5,8H,6-7,14H2,1-3H3,(H,15,16). The molecule has 1 unspecified atom stereocenters. The van der Waals surface area contributed by atoms with Gasteiger partial charge >= 0.3 is 5.97 Å². The molecule has 1 rings (SSSR count). The highest BCUT2D eigenvalue weighted by atomic mass is 16.4. The van der Waals surface area contributed by atoms with Crippen molar-refractivity contribution in [1.29, 1.82) is 0 Å². The molecular weight excluding hydrogens is 202 g/mol. The Morgan fingerprint density at radius 3 is 2.62 bits per heavy atom. The zero-order valence-corrected chi connectivity index (χ0v) is 10.1. The summed E-state index contributed by atoms with van der Waals surface area (Å²) in [7, 11) is 0. The van der Waals surface area contributed by atoms with Gasteiger partial charge < -0.3 is 10.8 Å². The Morgan fingerprint density at radius 2 is 2.06 bits per heavy atom. The smallest absolute Gasteiger partial charge is 0.323 e. The fraction of sp³-hybridized carbons (Fsp3) is 0.462. The minimum absolute atomic E-state index is 0.451. The van der Waals surface area contributed by atoms with Gasteiger partial charge in [0.2, 0.25) is 0 Å². The van der Waals surface area contributed by atoms with Crippen molar-refractivity contribution >= 4 is 5.97 Å². The van der Waals surface area contributed by atoms with E-state index in [0.717, 1.165) is 0 Å². The number of aryl methyl sites for hydroxylation is 3. The molecule has 3 nitrogen and oxygen atoms in total. The van der Waals surface area contributed by atoms with Gasteiger partial charge in [0, 0.05) is 0 Å². The van der Waals surface area contributed by atoms with E-state index in [1.807, 2.05) is 13.8 Å². The highest BCUT2D eigenvalue weighted by molar-refractivity contribution is 5.77. The number of rotatable bonds is 4. The first-order valence-corrected chi connectivity index (χ1v) is 5.41. The summed E-state index contributed by atoms with van der Waals surface area (Å²) in [4.78, 5) is 10.9. The number of aliphatic carboxylic acids is 1. The van der Waals surface area contributed by atoms with Crippen molar-refractivity contribution in [2.24, 2.45) is 5.73 Å². The average Bonchev–Trinajstić information content (AvgIpc) is 2.19. The third-order valence-corrected chi connectivity index (χ3v) is 2.91. The lowest BCUT2D eigenvalue weighted by Gasteiger charge is -2.19. The Hall–Kier alpha value is -1.35. The highest BCUT2D eigenvalue weighted by Crippen LogP contribution is 2.16. The minimum atomic E-state index is -1.14. The topological polar surface area (TPSA) is 63.3 Å². The summed E-state index contributed by atoms with van der Waals surface area (Å²) in [5.41, 5.74) is 8.11. The lowest BCUT2D eigenvalue weighted by Crippen LogP contribution is -2.45. The molecule has 0 fully saturated rings. The molecule has 0 radical (unpaired) electrons. The van der Waals surface area contributed by atoms with Gasteiger partial charge in [0.15, 0.2) is 0 Å². The van der Waals surface area contributed by atoms with Crippen molar-refractivity contribution < 1.29 is 9.90 Å². The maximum atomic E-state index is 10.9. The fourth-order valence-electron chi connectivity index (χ4n) is 1.57. The molecule has 3 N–H and O–H groups in total. The van der Waals surface area contributed by atoms with Gasteiger partial charge in [0.25, 0.3) is 0 Å². The van der Waals surface area contributed by atoms with Crippen LogP contribution < -0.4 is 5.73 Å². The van der Waals surface area contributed by atoms with Crippen LogP contribution >= 0.6 is 0 Å². The van der Waals surface area contributed by atoms with Crippen molar-refractivity contribution in [2.45, 2.75) is 39.2 Å². The summed E-state index contributed by atoms with van der Waals surface area (Å²) < 4.78 is 0. The van der Waals surface area contributed by atoms with Gasteiger partial charge in [-0.15, -0.1) is 0 Å². The Labute approximate surface area is 96.3 Å². The summed E-state index contributed by atoms with van der Waals surface area (Å²) in [6, 6.07) is 6.20. The molecule has 0 aliphatic heterocycles. The second-order valence-corrected chi connectivity index (χ2v) is 4.65. The zero-order valence-electron chi connectivity index (χ0n) is 10.1. The van der Waals surface area contributed by atoms with E-state index in [1.165, 1.54) is 16.7 Å². The number of carboxylic acids is 1. The Bertz CT molecular complexity index is 397. The first-order chi connectivity index (χ1) is 7.33. The van der Waals surface area contributed by atoms with Gasteiger partial charge in [-0.05, 0) is 44.7 Å². The van der Waals surface area contributed by atoms with Gasteiger partial charge in [-0.1, -0.05) is 23.8 Å². The van der Waals surface area contributed by atoms with Crippen LogP contribution in [0, 0.1) is 13.8 Å². The van der Waals surface area contributed by atoms with Crippen molar-refractivity contribution in [1.82, 2.24) is 0 Å². The van der Waals surface area contributed by atoms with Crippen LogP contribution in [0.4, 0.5) is 0 Å². The molecule has 1 aromatic rings. The van der Waals surface area contributed by atoms with E-state index in [0.29, 0.717) is 12.8 Å². The normalized spacial score (nSPS) is 14.5. The second kappa shape index (κ2) is 4.66. The van der Waals surface area contributed by atoms with Crippen LogP contribution in [0.3, 0.4) is 0 Å². The van der Waals surface area contributed by atoms with Crippen LogP contribution in [0.5, 0.6) is 0 Å².